The number of nitrogens with one attached hydrogen (secondary N) is 2. The van der Waals surface area contributed by atoms with Crippen LogP contribution in [-0.2, 0) is 0 Å². The summed E-state index contributed by atoms with van der Waals surface area (Å²) in [6.45, 7) is 0. The van der Waals surface area contributed by atoms with Crippen molar-refractivity contribution < 1.29 is 9.47 Å². The minimum absolute atomic E-state index is 0.290. The zero-order valence-electron chi connectivity index (χ0n) is 13.9. The molecule has 0 bridgehead atoms. The lowest BCUT2D eigenvalue weighted by Gasteiger charge is -2.15. The van der Waals surface area contributed by atoms with E-state index < -0.39 is 0 Å². The summed E-state index contributed by atoms with van der Waals surface area (Å²) in [5, 5.41) is 1.33. The van der Waals surface area contributed by atoms with Gasteiger partial charge in [-0.3, -0.25) is 0 Å². The maximum absolute atomic E-state index is 6.26. The van der Waals surface area contributed by atoms with Gasteiger partial charge in [-0.1, -0.05) is 58.5 Å². The van der Waals surface area contributed by atoms with Gasteiger partial charge in [0.15, 0.2) is 16.3 Å². The van der Waals surface area contributed by atoms with Crippen LogP contribution in [0, 0.1) is 4.77 Å². The second-order valence-electron chi connectivity index (χ2n) is 5.73. The number of rotatable bonds is 4. The molecule has 0 fully saturated rings. The summed E-state index contributed by atoms with van der Waals surface area (Å²) < 4.78 is 12.5. The lowest BCUT2D eigenvalue weighted by Crippen LogP contribution is -1.93. The molecule has 0 radical (unpaired) electrons. The Morgan fingerprint density at radius 2 is 1.07 bits per heavy atom. The fourth-order valence-electron chi connectivity index (χ4n) is 2.56. The molecule has 9 heteroatoms. The van der Waals surface area contributed by atoms with Crippen molar-refractivity contribution in [3.8, 4) is 23.0 Å². The number of hydrogen-bond donors (Lipinski definition) is 2. The van der Waals surface area contributed by atoms with Crippen LogP contribution in [0.3, 0.4) is 0 Å². The largest absolute Gasteiger partial charge is 0.452 e. The Kier molecular flexibility index (Phi) is 5.45. The van der Waals surface area contributed by atoms with E-state index in [1.54, 1.807) is 48.5 Å². The van der Waals surface area contributed by atoms with E-state index in [-0.39, 0.29) is 10.0 Å². The van der Waals surface area contributed by atoms with Gasteiger partial charge in [0.2, 0.25) is 0 Å². The molecule has 0 saturated heterocycles. The summed E-state index contributed by atoms with van der Waals surface area (Å²) in [6.07, 6.45) is 0. The highest BCUT2D eigenvalue weighted by Crippen LogP contribution is 2.43. The summed E-state index contributed by atoms with van der Waals surface area (Å²) in [5.74, 6) is 1.53. The van der Waals surface area contributed by atoms with Gasteiger partial charge in [0.25, 0.3) is 0 Å². The zero-order valence-corrected chi connectivity index (χ0v) is 17.7. The third-order valence-electron chi connectivity index (χ3n) is 3.85. The molecule has 28 heavy (non-hydrogen) atoms. The fraction of sp³-hybridized carbons (Fsp3) is 0. The molecule has 0 saturated carbocycles. The van der Waals surface area contributed by atoms with Crippen molar-refractivity contribution in [3.05, 3.63) is 73.4 Å². The predicted octanol–water partition coefficient (Wildman–Crippen LogP) is 8.42. The van der Waals surface area contributed by atoms with Crippen LogP contribution >= 0.6 is 58.6 Å². The minimum Gasteiger partial charge on any atom is -0.452 e. The Labute approximate surface area is 184 Å². The molecule has 4 rings (SSSR count). The van der Waals surface area contributed by atoms with Crippen molar-refractivity contribution in [1.82, 2.24) is 9.97 Å². The summed E-state index contributed by atoms with van der Waals surface area (Å²) in [6, 6.07) is 13.7. The average Bonchev–Trinajstić information content (AvgIpc) is 3.02. The molecule has 4 nitrogen and oxygen atoms in total. The maximum atomic E-state index is 6.26. The van der Waals surface area contributed by atoms with E-state index in [1.807, 2.05) is 0 Å². The third kappa shape index (κ3) is 3.81. The molecule has 0 spiro atoms. The van der Waals surface area contributed by atoms with E-state index in [0.717, 1.165) is 11.0 Å². The summed E-state index contributed by atoms with van der Waals surface area (Å²) >= 11 is 29.9. The van der Waals surface area contributed by atoms with Crippen molar-refractivity contribution in [2.75, 3.05) is 0 Å². The molecule has 1 aromatic heterocycles. The molecule has 0 aliphatic heterocycles. The highest BCUT2D eigenvalue weighted by atomic mass is 35.5. The Morgan fingerprint density at radius 1 is 0.643 bits per heavy atom. The van der Waals surface area contributed by atoms with Crippen LogP contribution in [0.1, 0.15) is 0 Å². The number of hydrogen-bond acceptors (Lipinski definition) is 3. The first kappa shape index (κ1) is 19.4. The van der Waals surface area contributed by atoms with E-state index in [9.17, 15) is 0 Å². The second-order valence-corrected chi connectivity index (χ2v) is 7.71. The number of benzene rings is 3. The van der Waals surface area contributed by atoms with Crippen LogP contribution in [0.5, 0.6) is 23.0 Å². The van der Waals surface area contributed by atoms with Crippen molar-refractivity contribution >= 4 is 69.7 Å². The zero-order chi connectivity index (χ0) is 19.8. The molecule has 0 atom stereocenters. The monoisotopic (exact) mass is 470 g/mol. The number of halogens is 4. The normalized spacial score (nSPS) is 11.0. The summed E-state index contributed by atoms with van der Waals surface area (Å²) in [7, 11) is 0. The van der Waals surface area contributed by atoms with Gasteiger partial charge in [0.1, 0.15) is 21.5 Å². The standard InChI is InChI=1S/C19H10Cl4N2O2S/c20-9-3-1-5-13(17(9)22)26-15-7-11-12(25-19(28)24-11)8-16(15)27-14-6-2-4-10(21)18(14)23/h1-8H,(H2,24,25,28). The van der Waals surface area contributed by atoms with Crippen LogP contribution in [-0.4, -0.2) is 9.97 Å². The lowest BCUT2D eigenvalue weighted by molar-refractivity contribution is 0.420. The quantitative estimate of drug-likeness (QED) is 0.293. The SMILES string of the molecule is S=c1[nH]c2cc(Oc3cccc(Cl)c3Cl)c(Oc3cccc(Cl)c3Cl)cc2[nH]1. The van der Waals surface area contributed by atoms with Crippen LogP contribution in [0.2, 0.25) is 20.1 Å². The first-order valence-electron chi connectivity index (χ1n) is 7.92. The Morgan fingerprint density at radius 3 is 1.50 bits per heavy atom. The van der Waals surface area contributed by atoms with Crippen LogP contribution in [0.4, 0.5) is 0 Å². The van der Waals surface area contributed by atoms with E-state index in [1.165, 1.54) is 0 Å². The Hall–Kier alpha value is -1.89. The smallest absolute Gasteiger partial charge is 0.175 e. The topological polar surface area (TPSA) is 50.0 Å². The number of ether oxygens (including phenoxy) is 2. The molecular weight excluding hydrogens is 462 g/mol. The minimum atomic E-state index is 0.290. The number of aromatic nitrogens is 2. The first-order chi connectivity index (χ1) is 13.4. The van der Waals surface area contributed by atoms with Gasteiger partial charge in [-0.05, 0) is 36.5 Å². The van der Waals surface area contributed by atoms with Gasteiger partial charge in [0, 0.05) is 12.1 Å². The molecule has 0 amide bonds. The van der Waals surface area contributed by atoms with E-state index in [2.05, 4.69) is 9.97 Å². The Balaban J connectivity index is 1.83. The van der Waals surface area contributed by atoms with Gasteiger partial charge in [-0.15, -0.1) is 0 Å². The van der Waals surface area contributed by atoms with Crippen LogP contribution < -0.4 is 9.47 Å². The molecule has 3 aromatic carbocycles. The number of aromatic amines is 2. The maximum Gasteiger partial charge on any atom is 0.175 e. The molecule has 1 heterocycles. The number of imidazole rings is 1. The molecule has 4 aromatic rings. The summed E-state index contributed by atoms with van der Waals surface area (Å²) in [4.78, 5) is 6.08. The van der Waals surface area contributed by atoms with Gasteiger partial charge in [-0.2, -0.15) is 0 Å². The average molecular weight is 472 g/mol. The molecule has 0 aliphatic carbocycles. The first-order valence-corrected chi connectivity index (χ1v) is 9.84. The Bertz CT molecular complexity index is 1160. The van der Waals surface area contributed by atoms with Crippen molar-refractivity contribution in [2.45, 2.75) is 0 Å². The van der Waals surface area contributed by atoms with Gasteiger partial charge in [0.05, 0.1) is 21.1 Å². The third-order valence-corrected chi connectivity index (χ3v) is 5.66. The lowest BCUT2D eigenvalue weighted by atomic mass is 10.2. The molecule has 142 valence electrons. The van der Waals surface area contributed by atoms with E-state index >= 15 is 0 Å². The molecule has 2 N–H and O–H groups in total. The predicted molar refractivity (Wildman–Crippen MR) is 117 cm³/mol. The van der Waals surface area contributed by atoms with E-state index in [4.69, 9.17) is 68.1 Å². The summed E-state index contributed by atoms with van der Waals surface area (Å²) in [5.41, 5.74) is 1.48. The van der Waals surface area contributed by atoms with Crippen molar-refractivity contribution in [3.63, 3.8) is 0 Å². The highest BCUT2D eigenvalue weighted by Gasteiger charge is 2.16. The second kappa shape index (κ2) is 7.85. The van der Waals surface area contributed by atoms with Gasteiger partial charge in [-0.25, -0.2) is 0 Å². The number of fused-ring (bicyclic) bond motifs is 1. The molecule has 0 unspecified atom stereocenters. The van der Waals surface area contributed by atoms with Crippen molar-refractivity contribution in [1.29, 1.82) is 0 Å². The molecular formula is C19H10Cl4N2O2S. The molecule has 0 aliphatic rings. The van der Waals surface area contributed by atoms with Crippen LogP contribution in [0.15, 0.2) is 48.5 Å². The van der Waals surface area contributed by atoms with E-state index in [0.29, 0.717) is 37.8 Å². The van der Waals surface area contributed by atoms with Gasteiger partial charge < -0.3 is 19.4 Å². The highest BCUT2D eigenvalue weighted by molar-refractivity contribution is 7.71. The fourth-order valence-corrected chi connectivity index (χ4v) is 3.45. The van der Waals surface area contributed by atoms with Crippen LogP contribution in [0.25, 0.3) is 11.0 Å². The number of H-pyrrole nitrogens is 2. The van der Waals surface area contributed by atoms with Crippen molar-refractivity contribution in [2.24, 2.45) is 0 Å². The van der Waals surface area contributed by atoms with Gasteiger partial charge >= 0.3 is 0 Å².